The number of nitrogens with zero attached hydrogens (tertiary/aromatic N) is 3. The van der Waals surface area contributed by atoms with Gasteiger partial charge in [0.05, 0.1) is 10.8 Å². The fourth-order valence-corrected chi connectivity index (χ4v) is 3.52. The van der Waals surface area contributed by atoms with Crippen LogP contribution in [-0.4, -0.2) is 32.5 Å². The van der Waals surface area contributed by atoms with Gasteiger partial charge in [-0.3, -0.25) is 10.1 Å². The molecule has 2 aromatic carbocycles. The van der Waals surface area contributed by atoms with Gasteiger partial charge in [0.15, 0.2) is 11.0 Å². The molecule has 0 aliphatic carbocycles. The number of urea groups is 1. The molecule has 1 heterocycles. The highest BCUT2D eigenvalue weighted by Crippen LogP contribution is 2.28. The molecule has 0 fully saturated rings. The Morgan fingerprint density at radius 2 is 1.86 bits per heavy atom. The lowest BCUT2D eigenvalue weighted by molar-refractivity contribution is -0.117. The van der Waals surface area contributed by atoms with Crippen molar-refractivity contribution < 1.29 is 9.59 Å². The van der Waals surface area contributed by atoms with Gasteiger partial charge in [-0.1, -0.05) is 41.6 Å². The van der Waals surface area contributed by atoms with E-state index < -0.39 is 11.9 Å². The number of imide groups is 1. The fraction of sp³-hybridized carbons (Fsp3) is 0.200. The Kier molecular flexibility index (Phi) is 6.56. The van der Waals surface area contributed by atoms with E-state index in [-0.39, 0.29) is 5.75 Å². The lowest BCUT2D eigenvalue weighted by Gasteiger charge is -2.08. The normalized spacial score (nSPS) is 10.6. The summed E-state index contributed by atoms with van der Waals surface area (Å²) in [7, 11) is 1.80. The molecular formula is C20H20ClN5O2S. The average Bonchev–Trinajstić information content (AvgIpc) is 3.04. The van der Waals surface area contributed by atoms with Crippen molar-refractivity contribution in [2.24, 2.45) is 7.05 Å². The van der Waals surface area contributed by atoms with E-state index in [9.17, 15) is 9.59 Å². The van der Waals surface area contributed by atoms with Crippen LogP contribution >= 0.6 is 23.4 Å². The number of hydrogen-bond acceptors (Lipinski definition) is 5. The summed E-state index contributed by atoms with van der Waals surface area (Å²) < 4.78 is 1.76. The monoisotopic (exact) mass is 429 g/mol. The van der Waals surface area contributed by atoms with E-state index in [0.717, 1.165) is 16.7 Å². The van der Waals surface area contributed by atoms with Crippen molar-refractivity contribution in [2.75, 3.05) is 11.1 Å². The van der Waals surface area contributed by atoms with Crippen LogP contribution in [0.25, 0.3) is 11.4 Å². The van der Waals surface area contributed by atoms with Crippen LogP contribution in [0.3, 0.4) is 0 Å². The number of aryl methyl sites for hydroxylation is 2. The molecular weight excluding hydrogens is 410 g/mol. The topological polar surface area (TPSA) is 88.9 Å². The number of amides is 3. The first-order valence-electron chi connectivity index (χ1n) is 8.80. The van der Waals surface area contributed by atoms with Gasteiger partial charge >= 0.3 is 6.03 Å². The molecule has 2 N–H and O–H groups in total. The van der Waals surface area contributed by atoms with Crippen molar-refractivity contribution >= 4 is 41.0 Å². The second-order valence-corrected chi connectivity index (χ2v) is 7.78. The van der Waals surface area contributed by atoms with Gasteiger partial charge in [-0.15, -0.1) is 10.2 Å². The van der Waals surface area contributed by atoms with Gasteiger partial charge in [-0.2, -0.15) is 0 Å². The molecule has 0 aliphatic rings. The van der Waals surface area contributed by atoms with Gasteiger partial charge < -0.3 is 9.88 Å². The van der Waals surface area contributed by atoms with E-state index in [4.69, 9.17) is 11.6 Å². The molecule has 0 saturated heterocycles. The highest BCUT2D eigenvalue weighted by atomic mass is 35.5. The minimum absolute atomic E-state index is 0.0227. The predicted molar refractivity (Wildman–Crippen MR) is 115 cm³/mol. The second-order valence-electron chi connectivity index (χ2n) is 6.44. The Balaban J connectivity index is 1.56. The Bertz CT molecular complexity index is 1070. The Morgan fingerprint density at radius 1 is 1.10 bits per heavy atom. The van der Waals surface area contributed by atoms with Crippen LogP contribution in [0.2, 0.25) is 5.02 Å². The van der Waals surface area contributed by atoms with Crippen molar-refractivity contribution in [1.29, 1.82) is 0 Å². The summed E-state index contributed by atoms with van der Waals surface area (Å²) in [6.45, 7) is 3.95. The van der Waals surface area contributed by atoms with E-state index in [1.807, 2.05) is 44.2 Å². The summed E-state index contributed by atoms with van der Waals surface area (Å²) in [5, 5.41) is 14.3. The maximum absolute atomic E-state index is 12.1. The quantitative estimate of drug-likeness (QED) is 0.593. The third-order valence-corrected chi connectivity index (χ3v) is 5.65. The molecule has 150 valence electrons. The first-order chi connectivity index (χ1) is 13.8. The van der Waals surface area contributed by atoms with Crippen LogP contribution in [0.5, 0.6) is 0 Å². The molecule has 3 rings (SSSR count). The van der Waals surface area contributed by atoms with Gasteiger partial charge in [0.2, 0.25) is 5.91 Å². The summed E-state index contributed by atoms with van der Waals surface area (Å²) in [6, 6.07) is 12.3. The van der Waals surface area contributed by atoms with Gasteiger partial charge in [0.25, 0.3) is 0 Å². The number of rotatable bonds is 5. The highest BCUT2D eigenvalue weighted by Gasteiger charge is 2.15. The van der Waals surface area contributed by atoms with Crippen molar-refractivity contribution in [1.82, 2.24) is 20.1 Å². The van der Waals surface area contributed by atoms with Gasteiger partial charge in [-0.05, 0) is 49.2 Å². The Morgan fingerprint density at radius 3 is 2.59 bits per heavy atom. The summed E-state index contributed by atoms with van der Waals surface area (Å²) >= 11 is 7.40. The van der Waals surface area contributed by atoms with Gasteiger partial charge in [0, 0.05) is 18.3 Å². The minimum atomic E-state index is -0.575. The molecule has 0 aliphatic heterocycles. The molecule has 0 atom stereocenters. The average molecular weight is 430 g/mol. The van der Waals surface area contributed by atoms with Crippen LogP contribution in [0.4, 0.5) is 10.5 Å². The van der Waals surface area contributed by atoms with Crippen molar-refractivity contribution in [3.8, 4) is 11.4 Å². The maximum Gasteiger partial charge on any atom is 0.325 e. The number of anilines is 1. The predicted octanol–water partition coefficient (Wildman–Crippen LogP) is 4.19. The Hall–Kier alpha value is -2.84. The largest absolute Gasteiger partial charge is 0.325 e. The zero-order valence-corrected chi connectivity index (χ0v) is 17.8. The second kappa shape index (κ2) is 9.11. The molecule has 0 spiro atoms. The van der Waals surface area contributed by atoms with E-state index in [0.29, 0.717) is 21.7 Å². The molecule has 0 saturated carbocycles. The minimum Gasteiger partial charge on any atom is -0.308 e. The molecule has 0 bridgehead atoms. The lowest BCUT2D eigenvalue weighted by Crippen LogP contribution is -2.35. The zero-order valence-electron chi connectivity index (χ0n) is 16.2. The summed E-state index contributed by atoms with van der Waals surface area (Å²) in [4.78, 5) is 24.1. The SMILES string of the molecule is Cc1ccc(NC(=O)NC(=O)CSc2nnc(-c3ccccc3Cl)n2C)cc1C. The van der Waals surface area contributed by atoms with Crippen LogP contribution in [0.1, 0.15) is 11.1 Å². The molecule has 3 amide bonds. The van der Waals surface area contributed by atoms with Crippen molar-refractivity contribution in [2.45, 2.75) is 19.0 Å². The maximum atomic E-state index is 12.1. The molecule has 1 aromatic heterocycles. The first-order valence-corrected chi connectivity index (χ1v) is 10.2. The number of carbonyl (C=O) groups excluding carboxylic acids is 2. The van der Waals surface area contributed by atoms with E-state index in [2.05, 4.69) is 20.8 Å². The molecule has 29 heavy (non-hydrogen) atoms. The summed E-state index contributed by atoms with van der Waals surface area (Å²) in [6.07, 6.45) is 0. The van der Waals surface area contributed by atoms with Crippen molar-refractivity contribution in [3.05, 3.63) is 58.6 Å². The third kappa shape index (κ3) is 5.16. The van der Waals surface area contributed by atoms with Crippen LogP contribution in [-0.2, 0) is 11.8 Å². The fourth-order valence-electron chi connectivity index (χ4n) is 2.59. The van der Waals surface area contributed by atoms with Crippen molar-refractivity contribution in [3.63, 3.8) is 0 Å². The molecule has 9 heteroatoms. The number of halogens is 1. The standard InChI is InChI=1S/C20H20ClN5O2S/c1-12-8-9-14(10-13(12)2)22-19(28)23-17(27)11-29-20-25-24-18(26(20)3)15-6-4-5-7-16(15)21/h4-10H,11H2,1-3H3,(H2,22,23,27,28). The molecule has 0 radical (unpaired) electrons. The van der Waals surface area contributed by atoms with Crippen LogP contribution in [0, 0.1) is 13.8 Å². The van der Waals surface area contributed by atoms with E-state index >= 15 is 0 Å². The van der Waals surface area contributed by atoms with Gasteiger partial charge in [0.1, 0.15) is 0 Å². The Labute approximate surface area is 177 Å². The number of nitrogens with one attached hydrogen (secondary N) is 2. The smallest absolute Gasteiger partial charge is 0.308 e. The number of thioether (sulfide) groups is 1. The lowest BCUT2D eigenvalue weighted by atomic mass is 10.1. The van der Waals surface area contributed by atoms with E-state index in [1.165, 1.54) is 11.8 Å². The molecule has 3 aromatic rings. The number of benzene rings is 2. The summed E-state index contributed by atoms with van der Waals surface area (Å²) in [5.74, 6) is 0.194. The summed E-state index contributed by atoms with van der Waals surface area (Å²) in [5.41, 5.74) is 3.57. The van der Waals surface area contributed by atoms with E-state index in [1.54, 1.807) is 23.7 Å². The van der Waals surface area contributed by atoms with Gasteiger partial charge in [-0.25, -0.2) is 4.79 Å². The van der Waals surface area contributed by atoms with Crippen LogP contribution < -0.4 is 10.6 Å². The zero-order chi connectivity index (χ0) is 21.0. The number of aromatic nitrogens is 3. The molecule has 7 nitrogen and oxygen atoms in total. The third-order valence-electron chi connectivity index (χ3n) is 4.30. The number of carbonyl (C=O) groups is 2. The number of hydrogen-bond donors (Lipinski definition) is 2. The highest BCUT2D eigenvalue weighted by molar-refractivity contribution is 7.99. The van der Waals surface area contributed by atoms with Crippen LogP contribution in [0.15, 0.2) is 47.6 Å². The first kappa shape index (κ1) is 20.9. The molecule has 0 unspecified atom stereocenters.